The number of nitrogens with one attached hydrogen (secondary N) is 1. The normalized spacial score (nSPS) is 19.9. The van der Waals surface area contributed by atoms with Gasteiger partial charge in [0.05, 0.1) is 27.2 Å². The molecule has 0 aliphatic carbocycles. The minimum absolute atomic E-state index is 0.0858. The topological polar surface area (TPSA) is 124 Å². The fourth-order valence-electron chi connectivity index (χ4n) is 8.79. The minimum atomic E-state index is -2.70. The molecule has 12 nitrogen and oxygen atoms in total. The molecule has 0 spiro atoms. The number of anilines is 2. The van der Waals surface area contributed by atoms with E-state index in [0.717, 1.165) is 97.2 Å². The van der Waals surface area contributed by atoms with E-state index in [2.05, 4.69) is 25.0 Å². The van der Waals surface area contributed by atoms with Gasteiger partial charge in [0.15, 0.2) is 0 Å². The van der Waals surface area contributed by atoms with Gasteiger partial charge in [0.1, 0.15) is 11.9 Å². The fraction of sp³-hybridized carbons (Fsp3) is 0.366. The Hall–Kier alpha value is -5.47. The number of halogens is 3. The molecule has 7 heterocycles. The number of hydrogen-bond donors (Lipinski definition) is 1. The zero-order valence-electron chi connectivity index (χ0n) is 30.5. The third kappa shape index (κ3) is 6.43. The van der Waals surface area contributed by atoms with E-state index in [1.165, 1.54) is 6.20 Å². The summed E-state index contributed by atoms with van der Waals surface area (Å²) in [5, 5.41) is 4.17. The zero-order chi connectivity index (χ0) is 38.7. The van der Waals surface area contributed by atoms with Crippen molar-refractivity contribution in [2.45, 2.75) is 44.7 Å². The Morgan fingerprint density at radius 3 is 2.32 bits per heavy atom. The van der Waals surface area contributed by atoms with Crippen molar-refractivity contribution in [1.29, 1.82) is 0 Å². The Bertz CT molecular complexity index is 2410. The summed E-state index contributed by atoms with van der Waals surface area (Å²) in [5.41, 5.74) is 3.84. The monoisotopic (exact) mass is 780 g/mol. The number of rotatable bonds is 8. The third-order valence-corrected chi connectivity index (χ3v) is 12.2. The number of benzene rings is 2. The number of alkyl halides is 2. The van der Waals surface area contributed by atoms with Crippen molar-refractivity contribution in [3.05, 3.63) is 83.3 Å². The van der Waals surface area contributed by atoms with Crippen LogP contribution in [0.25, 0.3) is 32.9 Å². The first-order valence-corrected chi connectivity index (χ1v) is 19.4. The van der Waals surface area contributed by atoms with Crippen LogP contribution < -0.4 is 15.1 Å². The first-order chi connectivity index (χ1) is 27.1. The van der Waals surface area contributed by atoms with Crippen LogP contribution in [0.15, 0.2) is 67.1 Å². The first-order valence-electron chi connectivity index (χ1n) is 19.0. The lowest BCUT2D eigenvalue weighted by Gasteiger charge is -2.38. The lowest BCUT2D eigenvalue weighted by atomic mass is 9.93. The highest BCUT2D eigenvalue weighted by molar-refractivity contribution is 6.33. The second kappa shape index (κ2) is 14.6. The maximum Gasteiger partial charge on any atom is 0.319 e. The molecule has 3 fully saturated rings. The van der Waals surface area contributed by atoms with Gasteiger partial charge in [-0.1, -0.05) is 23.7 Å². The van der Waals surface area contributed by atoms with Gasteiger partial charge in [0.2, 0.25) is 11.8 Å². The molecule has 15 heteroatoms. The number of hydrogen-bond acceptors (Lipinski definition) is 9. The fourth-order valence-corrected chi connectivity index (χ4v) is 9.07. The Morgan fingerprint density at radius 1 is 0.786 bits per heavy atom. The van der Waals surface area contributed by atoms with Gasteiger partial charge in [-0.15, -0.1) is 0 Å². The number of aromatic nitrogens is 3. The molecule has 5 aromatic rings. The molecule has 0 saturated carbocycles. The van der Waals surface area contributed by atoms with Crippen LogP contribution in [0.3, 0.4) is 0 Å². The predicted octanol–water partition coefficient (Wildman–Crippen LogP) is 6.13. The maximum atomic E-state index is 14.1. The number of piperazine rings is 1. The van der Waals surface area contributed by atoms with Gasteiger partial charge in [0, 0.05) is 86.3 Å². The van der Waals surface area contributed by atoms with Crippen molar-refractivity contribution in [3.63, 3.8) is 0 Å². The van der Waals surface area contributed by atoms with E-state index >= 15 is 0 Å². The number of pyridine rings is 2. The average Bonchev–Trinajstić information content (AvgIpc) is 3.67. The molecule has 3 saturated heterocycles. The molecule has 4 aliphatic rings. The second-order valence-electron chi connectivity index (χ2n) is 15.0. The van der Waals surface area contributed by atoms with Crippen LogP contribution >= 0.6 is 11.6 Å². The summed E-state index contributed by atoms with van der Waals surface area (Å²) in [6, 6.07) is 13.3. The van der Waals surface area contributed by atoms with Crippen LogP contribution in [0.4, 0.5) is 20.3 Å². The molecule has 4 amide bonds. The van der Waals surface area contributed by atoms with Gasteiger partial charge in [-0.05, 0) is 80.1 Å². The van der Waals surface area contributed by atoms with Gasteiger partial charge in [-0.2, -0.15) is 8.78 Å². The average molecular weight is 781 g/mol. The molecule has 3 aromatic heterocycles. The molecule has 0 bridgehead atoms. The summed E-state index contributed by atoms with van der Waals surface area (Å²) in [6.07, 6.45) is 8.27. The van der Waals surface area contributed by atoms with Crippen molar-refractivity contribution in [2.24, 2.45) is 5.92 Å². The number of nitrogens with zero attached hydrogens (tertiary/aromatic N) is 7. The molecule has 2 aromatic carbocycles. The summed E-state index contributed by atoms with van der Waals surface area (Å²) in [7, 11) is 0. The SMILES string of the molecule is O=C1CCC(N2C(=O)c3ccc(N4CCN(CCC5CCN(c6ncc(-c7ccc8c9cnccc9n(C(F)F)c8c7)cc6Cl)CC5)CC4)cc3C2=O)C(=O)N1. The first kappa shape index (κ1) is 36.2. The summed E-state index contributed by atoms with van der Waals surface area (Å²) >= 11 is 6.81. The van der Waals surface area contributed by atoms with Crippen LogP contribution in [-0.2, 0) is 9.59 Å². The summed E-state index contributed by atoms with van der Waals surface area (Å²) in [5.74, 6) is -0.685. The van der Waals surface area contributed by atoms with Crippen LogP contribution in [0.1, 0.15) is 59.4 Å². The van der Waals surface area contributed by atoms with Crippen molar-refractivity contribution < 1.29 is 28.0 Å². The smallest absolute Gasteiger partial charge is 0.319 e. The number of fused-ring (bicyclic) bond motifs is 4. The highest BCUT2D eigenvalue weighted by Crippen LogP contribution is 2.37. The quantitative estimate of drug-likeness (QED) is 0.185. The van der Waals surface area contributed by atoms with Crippen molar-refractivity contribution in [2.75, 3.05) is 55.6 Å². The Morgan fingerprint density at radius 2 is 1.57 bits per heavy atom. The highest BCUT2D eigenvalue weighted by Gasteiger charge is 2.45. The molecule has 1 unspecified atom stereocenters. The molecule has 4 aliphatic heterocycles. The van der Waals surface area contributed by atoms with Crippen LogP contribution in [-0.4, -0.2) is 99.8 Å². The lowest BCUT2D eigenvalue weighted by Crippen LogP contribution is -2.54. The van der Waals surface area contributed by atoms with E-state index < -0.39 is 36.2 Å². The highest BCUT2D eigenvalue weighted by atomic mass is 35.5. The van der Waals surface area contributed by atoms with Gasteiger partial charge < -0.3 is 9.80 Å². The summed E-state index contributed by atoms with van der Waals surface area (Å²) in [4.78, 5) is 67.2. The van der Waals surface area contributed by atoms with Gasteiger partial charge in [0.25, 0.3) is 11.8 Å². The molecule has 1 atom stereocenters. The molecular weight excluding hydrogens is 742 g/mol. The molecule has 288 valence electrons. The predicted molar refractivity (Wildman–Crippen MR) is 208 cm³/mol. The molecule has 56 heavy (non-hydrogen) atoms. The minimum Gasteiger partial charge on any atom is -0.369 e. The number of piperidine rings is 2. The van der Waals surface area contributed by atoms with Crippen LogP contribution in [0.2, 0.25) is 5.02 Å². The van der Waals surface area contributed by atoms with Gasteiger partial charge in [-0.3, -0.25) is 43.8 Å². The van der Waals surface area contributed by atoms with E-state index in [4.69, 9.17) is 16.6 Å². The molecule has 1 N–H and O–H groups in total. The van der Waals surface area contributed by atoms with Crippen molar-refractivity contribution in [3.8, 4) is 11.1 Å². The van der Waals surface area contributed by atoms with E-state index in [1.54, 1.807) is 36.7 Å². The molecule has 9 rings (SSSR count). The standard InChI is InChI=1S/C41H39ClF2N8O4/c42-32-19-26(25-1-3-28-31-23-45-11-7-33(31)51(41(43)44)35(28)20-25)22-46-37(32)50-13-9-24(10-14-50)8-12-48-15-17-49(18-16-48)27-2-4-29-30(21-27)40(56)52(39(29)55)34-5-6-36(53)47-38(34)54/h1-4,7,11,19-24,34,41H,5-6,8-10,12-18H2,(H,47,53,54). The molecular formula is C41H39ClF2N8O4. The number of imide groups is 2. The summed E-state index contributed by atoms with van der Waals surface area (Å²) < 4.78 is 29.3. The molecule has 0 radical (unpaired) electrons. The largest absolute Gasteiger partial charge is 0.369 e. The van der Waals surface area contributed by atoms with Crippen molar-refractivity contribution >= 4 is 68.5 Å². The van der Waals surface area contributed by atoms with Crippen LogP contribution in [0.5, 0.6) is 0 Å². The van der Waals surface area contributed by atoms with E-state index in [-0.39, 0.29) is 18.4 Å². The summed E-state index contributed by atoms with van der Waals surface area (Å²) in [6.45, 7) is 3.33. The van der Waals surface area contributed by atoms with E-state index in [1.807, 2.05) is 24.3 Å². The zero-order valence-corrected chi connectivity index (χ0v) is 31.2. The number of carbonyl (C=O) groups excluding carboxylic acids is 4. The van der Waals surface area contributed by atoms with Gasteiger partial charge >= 0.3 is 6.55 Å². The van der Waals surface area contributed by atoms with Crippen molar-refractivity contribution in [1.82, 2.24) is 29.7 Å². The lowest BCUT2D eigenvalue weighted by molar-refractivity contribution is -0.136. The number of carbonyl (C=O) groups is 4. The van der Waals surface area contributed by atoms with Crippen LogP contribution in [0, 0.1) is 5.92 Å². The van der Waals surface area contributed by atoms with E-state index in [0.29, 0.717) is 38.3 Å². The second-order valence-corrected chi connectivity index (χ2v) is 15.4. The third-order valence-electron chi connectivity index (χ3n) is 11.9. The van der Waals surface area contributed by atoms with Gasteiger partial charge in [-0.25, -0.2) is 4.98 Å². The Kier molecular flexibility index (Phi) is 9.40. The van der Waals surface area contributed by atoms with E-state index in [9.17, 15) is 28.0 Å². The Labute approximate surface area is 326 Å². The Balaban J connectivity index is 0.770. The number of amides is 4. The maximum absolute atomic E-state index is 14.1.